The van der Waals surface area contributed by atoms with Gasteiger partial charge in [-0.3, -0.25) is 4.98 Å². The summed E-state index contributed by atoms with van der Waals surface area (Å²) in [4.78, 5) is 4.29. The van der Waals surface area contributed by atoms with Crippen LogP contribution in [-0.2, 0) is 0 Å². The molecule has 2 heteroatoms. The molecule has 0 aliphatic rings. The molecule has 0 radical (unpaired) electrons. The van der Waals surface area contributed by atoms with E-state index in [1.165, 1.54) is 27.5 Å². The van der Waals surface area contributed by atoms with Crippen molar-refractivity contribution in [1.29, 1.82) is 0 Å². The second-order valence-corrected chi connectivity index (χ2v) is 5.08. The molecular weight excluding hydrogens is 244 g/mol. The summed E-state index contributed by atoms with van der Waals surface area (Å²) < 4.78 is 2.27. The van der Waals surface area contributed by atoms with Crippen LogP contribution < -0.4 is 0 Å². The van der Waals surface area contributed by atoms with E-state index >= 15 is 0 Å². The third-order valence-corrected chi connectivity index (χ3v) is 3.77. The highest BCUT2D eigenvalue weighted by Gasteiger charge is 2.10. The van der Waals surface area contributed by atoms with Crippen molar-refractivity contribution in [2.75, 3.05) is 0 Å². The zero-order chi connectivity index (χ0) is 13.5. The number of aromatic nitrogens is 2. The van der Waals surface area contributed by atoms with E-state index in [4.69, 9.17) is 0 Å². The summed E-state index contributed by atoms with van der Waals surface area (Å²) >= 11 is 0. The first kappa shape index (κ1) is 11.2. The molecule has 4 rings (SSSR count). The van der Waals surface area contributed by atoms with Crippen LogP contribution in [0.3, 0.4) is 0 Å². The summed E-state index contributed by atoms with van der Waals surface area (Å²) in [7, 11) is 0. The molecule has 0 bridgehead atoms. The summed E-state index contributed by atoms with van der Waals surface area (Å²) in [6, 6.07) is 19.2. The largest absolute Gasteiger partial charge is 0.308 e. The molecule has 0 N–H and O–H groups in total. The Morgan fingerprint density at radius 1 is 0.800 bits per heavy atom. The minimum atomic E-state index is 1.15. The number of para-hydroxylation sites is 1. The predicted octanol–water partition coefficient (Wildman–Crippen LogP) is 4.49. The summed E-state index contributed by atoms with van der Waals surface area (Å²) in [5.41, 5.74) is 4.82. The molecule has 20 heavy (non-hydrogen) atoms. The Kier molecular flexibility index (Phi) is 2.36. The summed E-state index contributed by atoms with van der Waals surface area (Å²) in [5, 5.41) is 2.52. The average molecular weight is 258 g/mol. The van der Waals surface area contributed by atoms with Gasteiger partial charge in [-0.1, -0.05) is 35.9 Å². The molecule has 0 saturated heterocycles. The van der Waals surface area contributed by atoms with E-state index in [1.54, 1.807) is 0 Å². The van der Waals surface area contributed by atoms with Gasteiger partial charge in [0.2, 0.25) is 0 Å². The van der Waals surface area contributed by atoms with Crippen molar-refractivity contribution >= 4 is 21.8 Å². The Balaban J connectivity index is 2.17. The fourth-order valence-corrected chi connectivity index (χ4v) is 2.79. The molecule has 0 spiro atoms. The third-order valence-electron chi connectivity index (χ3n) is 3.77. The molecule has 0 fully saturated rings. The molecular formula is C18H14N2. The Labute approximate surface area is 117 Å². The van der Waals surface area contributed by atoms with Crippen molar-refractivity contribution < 1.29 is 0 Å². The highest BCUT2D eigenvalue weighted by atomic mass is 15.0. The van der Waals surface area contributed by atoms with Crippen LogP contribution in [0, 0.1) is 6.92 Å². The lowest BCUT2D eigenvalue weighted by molar-refractivity contribution is 1.16. The number of fused-ring (bicyclic) bond motifs is 3. The summed E-state index contributed by atoms with van der Waals surface area (Å²) in [6.07, 6.45) is 3.80. The predicted molar refractivity (Wildman–Crippen MR) is 83.3 cm³/mol. The highest BCUT2D eigenvalue weighted by molar-refractivity contribution is 6.08. The van der Waals surface area contributed by atoms with E-state index in [0.717, 1.165) is 5.52 Å². The van der Waals surface area contributed by atoms with Gasteiger partial charge in [-0.25, -0.2) is 0 Å². The Morgan fingerprint density at radius 3 is 2.40 bits per heavy atom. The first-order chi connectivity index (χ1) is 9.84. The molecule has 2 nitrogen and oxygen atoms in total. The van der Waals surface area contributed by atoms with Crippen LogP contribution in [0.25, 0.3) is 27.5 Å². The first-order valence-electron chi connectivity index (χ1n) is 6.75. The smallest absolute Gasteiger partial charge is 0.0724 e. The molecule has 0 saturated carbocycles. The van der Waals surface area contributed by atoms with E-state index in [0.29, 0.717) is 0 Å². The molecule has 0 aliphatic carbocycles. The van der Waals surface area contributed by atoms with Crippen LogP contribution >= 0.6 is 0 Å². The van der Waals surface area contributed by atoms with Crippen molar-refractivity contribution in [2.45, 2.75) is 6.92 Å². The lowest BCUT2D eigenvalue weighted by Crippen LogP contribution is -1.93. The van der Waals surface area contributed by atoms with Crippen LogP contribution in [-0.4, -0.2) is 9.55 Å². The van der Waals surface area contributed by atoms with Gasteiger partial charge < -0.3 is 4.57 Å². The molecule has 4 aromatic rings. The number of aryl methyl sites for hydroxylation is 1. The van der Waals surface area contributed by atoms with E-state index in [9.17, 15) is 0 Å². The van der Waals surface area contributed by atoms with E-state index in [-0.39, 0.29) is 0 Å². The van der Waals surface area contributed by atoms with Crippen molar-refractivity contribution in [3.05, 3.63) is 72.6 Å². The van der Waals surface area contributed by atoms with Crippen molar-refractivity contribution in [1.82, 2.24) is 9.55 Å². The van der Waals surface area contributed by atoms with Gasteiger partial charge in [-0.15, -0.1) is 0 Å². The summed E-state index contributed by atoms with van der Waals surface area (Å²) in [5.74, 6) is 0. The van der Waals surface area contributed by atoms with Gasteiger partial charge >= 0.3 is 0 Å². The minimum absolute atomic E-state index is 1.15. The SMILES string of the molecule is Cc1ccc(-n2c3ccccc3c3ccncc32)cc1. The van der Waals surface area contributed by atoms with Gasteiger partial charge in [-0.2, -0.15) is 0 Å². The van der Waals surface area contributed by atoms with E-state index < -0.39 is 0 Å². The summed E-state index contributed by atoms with van der Waals surface area (Å²) in [6.45, 7) is 2.11. The first-order valence-corrected chi connectivity index (χ1v) is 6.75. The molecule has 0 aliphatic heterocycles. The monoisotopic (exact) mass is 258 g/mol. The highest BCUT2D eigenvalue weighted by Crippen LogP contribution is 2.30. The maximum atomic E-state index is 4.29. The molecule has 2 heterocycles. The number of hydrogen-bond donors (Lipinski definition) is 0. The minimum Gasteiger partial charge on any atom is -0.308 e. The van der Waals surface area contributed by atoms with Crippen LogP contribution in [0.1, 0.15) is 5.56 Å². The van der Waals surface area contributed by atoms with Crippen molar-refractivity contribution in [2.24, 2.45) is 0 Å². The zero-order valence-corrected chi connectivity index (χ0v) is 11.2. The van der Waals surface area contributed by atoms with E-state index in [1.807, 2.05) is 12.4 Å². The Bertz CT molecular complexity index is 848. The van der Waals surface area contributed by atoms with E-state index in [2.05, 4.69) is 71.1 Å². The lowest BCUT2D eigenvalue weighted by Gasteiger charge is -2.07. The number of hydrogen-bond acceptors (Lipinski definition) is 1. The topological polar surface area (TPSA) is 17.8 Å². The van der Waals surface area contributed by atoms with Gasteiger partial charge in [0.25, 0.3) is 0 Å². The number of pyridine rings is 1. The molecule has 0 amide bonds. The second-order valence-electron chi connectivity index (χ2n) is 5.08. The normalized spacial score (nSPS) is 11.2. The Hall–Kier alpha value is -2.61. The maximum Gasteiger partial charge on any atom is 0.0724 e. The molecule has 0 unspecified atom stereocenters. The van der Waals surface area contributed by atoms with Crippen molar-refractivity contribution in [3.63, 3.8) is 0 Å². The second kappa shape index (κ2) is 4.20. The van der Waals surface area contributed by atoms with Crippen LogP contribution in [0.4, 0.5) is 0 Å². The number of rotatable bonds is 1. The fourth-order valence-electron chi connectivity index (χ4n) is 2.79. The third kappa shape index (κ3) is 1.55. The average Bonchev–Trinajstić information content (AvgIpc) is 2.83. The van der Waals surface area contributed by atoms with Gasteiger partial charge in [0.1, 0.15) is 0 Å². The lowest BCUT2D eigenvalue weighted by atomic mass is 10.2. The molecule has 2 aromatic carbocycles. The quantitative estimate of drug-likeness (QED) is 0.492. The van der Waals surface area contributed by atoms with Gasteiger partial charge in [0.15, 0.2) is 0 Å². The zero-order valence-electron chi connectivity index (χ0n) is 11.2. The van der Waals surface area contributed by atoms with Crippen LogP contribution in [0.5, 0.6) is 0 Å². The standard InChI is InChI=1S/C18H14N2/c1-13-6-8-14(9-7-13)20-17-5-3-2-4-15(17)16-10-11-19-12-18(16)20/h2-12H,1H3. The van der Waals surface area contributed by atoms with Gasteiger partial charge in [0.05, 0.1) is 17.2 Å². The molecule has 0 atom stereocenters. The molecule has 96 valence electrons. The van der Waals surface area contributed by atoms with Crippen molar-refractivity contribution in [3.8, 4) is 5.69 Å². The van der Waals surface area contributed by atoms with Gasteiger partial charge in [0, 0.05) is 22.7 Å². The van der Waals surface area contributed by atoms with Crippen LogP contribution in [0.15, 0.2) is 67.0 Å². The number of nitrogens with zero attached hydrogens (tertiary/aromatic N) is 2. The van der Waals surface area contributed by atoms with Gasteiger partial charge in [-0.05, 0) is 31.2 Å². The number of benzene rings is 2. The maximum absolute atomic E-state index is 4.29. The van der Waals surface area contributed by atoms with Crippen LogP contribution in [0.2, 0.25) is 0 Å². The Morgan fingerprint density at radius 2 is 1.55 bits per heavy atom. The molecule has 2 aromatic heterocycles. The fraction of sp³-hybridized carbons (Fsp3) is 0.0556.